The van der Waals surface area contributed by atoms with Gasteiger partial charge in [-0.25, -0.2) is 0 Å². The number of carbonyl (C=O) groups is 2. The van der Waals surface area contributed by atoms with E-state index >= 15 is 0 Å². The molecule has 0 bridgehead atoms. The predicted molar refractivity (Wildman–Crippen MR) is 108 cm³/mol. The molecule has 1 aromatic rings. The molecule has 28 heavy (non-hydrogen) atoms. The van der Waals surface area contributed by atoms with E-state index in [1.165, 1.54) is 5.56 Å². The molecule has 5 heteroatoms. The molecule has 152 valence electrons. The lowest BCUT2D eigenvalue weighted by Gasteiger charge is -2.41. The van der Waals surface area contributed by atoms with E-state index in [4.69, 9.17) is 4.74 Å². The third-order valence-corrected chi connectivity index (χ3v) is 6.63. The number of piperidine rings is 1. The Morgan fingerprint density at radius 2 is 1.89 bits per heavy atom. The van der Waals surface area contributed by atoms with Gasteiger partial charge >= 0.3 is 0 Å². The van der Waals surface area contributed by atoms with Gasteiger partial charge in [0, 0.05) is 19.0 Å². The van der Waals surface area contributed by atoms with Gasteiger partial charge in [0.05, 0.1) is 11.5 Å². The van der Waals surface area contributed by atoms with Crippen LogP contribution in [-0.4, -0.2) is 42.5 Å². The summed E-state index contributed by atoms with van der Waals surface area (Å²) in [5.41, 5.74) is 0.910. The van der Waals surface area contributed by atoms with Gasteiger partial charge in [0.2, 0.25) is 11.8 Å². The molecule has 1 spiro atoms. The molecule has 1 aliphatic carbocycles. The number of carbonyl (C=O) groups excluding carboxylic acids is 2. The van der Waals surface area contributed by atoms with Gasteiger partial charge in [-0.3, -0.25) is 9.59 Å². The molecule has 2 heterocycles. The molecule has 1 aromatic carbocycles. The number of hydrogen-bond donors (Lipinski definition) is 1. The fourth-order valence-corrected chi connectivity index (χ4v) is 4.60. The molecule has 3 aliphatic rings. The summed E-state index contributed by atoms with van der Waals surface area (Å²) in [4.78, 5) is 27.6. The standard InChI is InChI=1S/C23H32N2O3/c1-17-16-28-20-8-3-2-6-18(20)7-4-5-11-23(22(27)24-17)12-14-25(15-13-23)21(26)19-9-10-19/h2-3,6,8,17,19H,4-5,7,9-16H2,1H3,(H,24,27)/t17-/m1/s1. The van der Waals surface area contributed by atoms with Gasteiger partial charge in [-0.2, -0.15) is 0 Å². The molecule has 1 saturated carbocycles. The number of nitrogens with zero attached hydrogens (tertiary/aromatic N) is 1. The lowest BCUT2D eigenvalue weighted by Crippen LogP contribution is -2.52. The van der Waals surface area contributed by atoms with Crippen LogP contribution in [0.3, 0.4) is 0 Å². The molecular weight excluding hydrogens is 352 g/mol. The fraction of sp³-hybridized carbons (Fsp3) is 0.652. The van der Waals surface area contributed by atoms with E-state index in [-0.39, 0.29) is 23.3 Å². The minimum atomic E-state index is -0.340. The molecule has 0 unspecified atom stereocenters. The Balaban J connectivity index is 1.45. The SMILES string of the molecule is C[C@@H]1COc2ccccc2CCCCC2(CCN(C(=O)C3CC3)CC2)C(=O)N1. The highest BCUT2D eigenvalue weighted by atomic mass is 16.5. The quantitative estimate of drug-likeness (QED) is 0.808. The number of rotatable bonds is 1. The highest BCUT2D eigenvalue weighted by Gasteiger charge is 2.44. The summed E-state index contributed by atoms with van der Waals surface area (Å²) in [6.45, 7) is 3.92. The minimum absolute atomic E-state index is 0.0389. The average Bonchev–Trinajstić information content (AvgIpc) is 3.55. The van der Waals surface area contributed by atoms with Gasteiger partial charge < -0.3 is 15.0 Å². The molecule has 2 aliphatic heterocycles. The van der Waals surface area contributed by atoms with E-state index in [0.29, 0.717) is 12.5 Å². The largest absolute Gasteiger partial charge is 0.491 e. The number of aryl methyl sites for hydroxylation is 1. The van der Waals surface area contributed by atoms with Crippen LogP contribution in [0.25, 0.3) is 0 Å². The second-order valence-electron chi connectivity index (χ2n) is 8.88. The van der Waals surface area contributed by atoms with Crippen LogP contribution in [0, 0.1) is 11.3 Å². The smallest absolute Gasteiger partial charge is 0.226 e. The van der Waals surface area contributed by atoms with Crippen LogP contribution >= 0.6 is 0 Å². The summed E-state index contributed by atoms with van der Waals surface area (Å²) in [5.74, 6) is 1.65. The minimum Gasteiger partial charge on any atom is -0.491 e. The topological polar surface area (TPSA) is 58.6 Å². The summed E-state index contributed by atoms with van der Waals surface area (Å²) in [6.07, 6.45) is 7.60. The number of amides is 2. The molecule has 1 N–H and O–H groups in total. The van der Waals surface area contributed by atoms with Crippen LogP contribution in [-0.2, 0) is 16.0 Å². The van der Waals surface area contributed by atoms with Gasteiger partial charge in [-0.15, -0.1) is 0 Å². The van der Waals surface area contributed by atoms with Crippen LogP contribution in [0.4, 0.5) is 0 Å². The lowest BCUT2D eigenvalue weighted by atomic mass is 9.73. The lowest BCUT2D eigenvalue weighted by molar-refractivity contribution is -0.142. The van der Waals surface area contributed by atoms with Crippen molar-refractivity contribution in [2.45, 2.75) is 64.3 Å². The Morgan fingerprint density at radius 1 is 1.14 bits per heavy atom. The first-order valence-electron chi connectivity index (χ1n) is 10.9. The van der Waals surface area contributed by atoms with Gasteiger partial charge in [0.25, 0.3) is 0 Å². The van der Waals surface area contributed by atoms with E-state index in [1.807, 2.05) is 24.0 Å². The third kappa shape index (κ3) is 4.18. The van der Waals surface area contributed by atoms with Crippen LogP contribution in [0.2, 0.25) is 0 Å². The first kappa shape index (κ1) is 19.3. The number of hydrogen-bond acceptors (Lipinski definition) is 3. The molecule has 5 nitrogen and oxygen atoms in total. The van der Waals surface area contributed by atoms with Crippen molar-refractivity contribution in [2.24, 2.45) is 11.3 Å². The Morgan fingerprint density at radius 3 is 2.64 bits per heavy atom. The normalized spacial score (nSPS) is 25.7. The molecule has 0 radical (unpaired) electrons. The maximum atomic E-state index is 13.2. The first-order chi connectivity index (χ1) is 13.6. The van der Waals surface area contributed by atoms with Crippen molar-refractivity contribution in [3.8, 4) is 5.75 Å². The van der Waals surface area contributed by atoms with Crippen LogP contribution < -0.4 is 10.1 Å². The van der Waals surface area contributed by atoms with E-state index < -0.39 is 0 Å². The summed E-state index contributed by atoms with van der Waals surface area (Å²) in [6, 6.07) is 8.18. The summed E-state index contributed by atoms with van der Waals surface area (Å²) < 4.78 is 6.01. The molecular formula is C23H32N2O3. The molecule has 1 saturated heterocycles. The van der Waals surface area contributed by atoms with E-state index in [1.54, 1.807) is 0 Å². The molecule has 1 atom stereocenters. The van der Waals surface area contributed by atoms with Crippen LogP contribution in [0.15, 0.2) is 24.3 Å². The predicted octanol–water partition coefficient (Wildman–Crippen LogP) is 3.32. The number of ether oxygens (including phenoxy) is 1. The second-order valence-corrected chi connectivity index (χ2v) is 8.88. The monoisotopic (exact) mass is 384 g/mol. The Hall–Kier alpha value is -2.04. The Labute approximate surface area is 167 Å². The van der Waals surface area contributed by atoms with Crippen molar-refractivity contribution in [1.82, 2.24) is 10.2 Å². The van der Waals surface area contributed by atoms with Gasteiger partial charge in [-0.1, -0.05) is 24.6 Å². The van der Waals surface area contributed by atoms with E-state index in [9.17, 15) is 9.59 Å². The number of fused-ring (bicyclic) bond motifs is 1. The molecule has 0 aromatic heterocycles. The van der Waals surface area contributed by atoms with Crippen molar-refractivity contribution in [1.29, 1.82) is 0 Å². The first-order valence-corrected chi connectivity index (χ1v) is 10.9. The average molecular weight is 385 g/mol. The highest BCUT2D eigenvalue weighted by molar-refractivity contribution is 5.84. The number of likely N-dealkylation sites (tertiary alicyclic amines) is 1. The summed E-state index contributed by atoms with van der Waals surface area (Å²) >= 11 is 0. The zero-order valence-corrected chi connectivity index (χ0v) is 16.9. The Kier molecular flexibility index (Phi) is 5.61. The zero-order chi connectivity index (χ0) is 19.6. The van der Waals surface area contributed by atoms with Crippen LogP contribution in [0.1, 0.15) is 57.4 Å². The summed E-state index contributed by atoms with van der Waals surface area (Å²) in [7, 11) is 0. The van der Waals surface area contributed by atoms with Crippen molar-refractivity contribution in [3.63, 3.8) is 0 Å². The molecule has 2 fully saturated rings. The van der Waals surface area contributed by atoms with E-state index in [0.717, 1.165) is 70.2 Å². The van der Waals surface area contributed by atoms with E-state index in [2.05, 4.69) is 17.4 Å². The molecule has 4 rings (SSSR count). The fourth-order valence-electron chi connectivity index (χ4n) is 4.60. The number of benzene rings is 1. The molecule has 2 amide bonds. The zero-order valence-electron chi connectivity index (χ0n) is 16.9. The number of nitrogens with one attached hydrogen (secondary N) is 1. The van der Waals surface area contributed by atoms with Crippen molar-refractivity contribution >= 4 is 11.8 Å². The number of para-hydroxylation sites is 1. The van der Waals surface area contributed by atoms with Crippen molar-refractivity contribution in [3.05, 3.63) is 29.8 Å². The highest BCUT2D eigenvalue weighted by Crippen LogP contribution is 2.40. The maximum absolute atomic E-state index is 13.2. The van der Waals surface area contributed by atoms with Crippen LogP contribution in [0.5, 0.6) is 5.75 Å². The third-order valence-electron chi connectivity index (χ3n) is 6.63. The van der Waals surface area contributed by atoms with Gasteiger partial charge in [0.1, 0.15) is 12.4 Å². The van der Waals surface area contributed by atoms with Gasteiger partial charge in [0.15, 0.2) is 0 Å². The second kappa shape index (κ2) is 8.14. The Bertz CT molecular complexity index is 720. The maximum Gasteiger partial charge on any atom is 0.226 e. The van der Waals surface area contributed by atoms with Crippen molar-refractivity contribution < 1.29 is 14.3 Å². The van der Waals surface area contributed by atoms with Gasteiger partial charge in [-0.05, 0) is 63.5 Å². The van der Waals surface area contributed by atoms with Crippen molar-refractivity contribution in [2.75, 3.05) is 19.7 Å². The summed E-state index contributed by atoms with van der Waals surface area (Å²) in [5, 5.41) is 3.20.